The van der Waals surface area contributed by atoms with Crippen LogP contribution in [-0.4, -0.2) is 15.0 Å². The zero-order chi connectivity index (χ0) is 8.10. The molecular weight excluding hydrogens is 199 g/mol. The molecule has 1 aromatic rings. The Morgan fingerprint density at radius 1 is 1.36 bits per heavy atom. The average molecular weight is 209 g/mol. The van der Waals surface area contributed by atoms with Crippen LogP contribution in [0.5, 0.6) is 0 Å². The van der Waals surface area contributed by atoms with E-state index in [-0.39, 0.29) is 0 Å². The van der Waals surface area contributed by atoms with Gasteiger partial charge < -0.3 is 0 Å². The van der Waals surface area contributed by atoms with E-state index in [1.807, 2.05) is 6.07 Å². The molecule has 11 heavy (non-hydrogen) atoms. The summed E-state index contributed by atoms with van der Waals surface area (Å²) in [6.45, 7) is 2.09. The normalized spacial score (nSPS) is 12.0. The van der Waals surface area contributed by atoms with E-state index in [0.717, 1.165) is 0 Å². The molecule has 0 heterocycles. The molecule has 0 fully saturated rings. The van der Waals surface area contributed by atoms with E-state index in [0.29, 0.717) is 19.8 Å². The quantitative estimate of drug-likeness (QED) is 0.511. The predicted octanol–water partition coefficient (Wildman–Crippen LogP) is 1.46. The molecule has 0 saturated heterocycles. The van der Waals surface area contributed by atoms with Crippen molar-refractivity contribution < 1.29 is 0 Å². The zero-order valence-corrected chi connectivity index (χ0v) is 8.16. The van der Waals surface area contributed by atoms with Crippen molar-refractivity contribution in [1.29, 1.82) is 0 Å². The van der Waals surface area contributed by atoms with Gasteiger partial charge in [0.15, 0.2) is 0 Å². The van der Waals surface area contributed by atoms with Gasteiger partial charge in [0.2, 0.25) is 0 Å². The minimum absolute atomic E-state index is 0.407. The van der Waals surface area contributed by atoms with Crippen LogP contribution in [0.15, 0.2) is 30.3 Å². The Kier molecular flexibility index (Phi) is 3.23. The first kappa shape index (κ1) is 8.40. The van der Waals surface area contributed by atoms with Crippen LogP contribution in [0, 0.1) is 12.3 Å². The maximum absolute atomic E-state index is 5.29. The molecule has 0 aliphatic carbocycles. The molecule has 0 N–H and O–H groups in total. The second-order valence-corrected chi connectivity index (χ2v) is 5.21. The van der Waals surface area contributed by atoms with Crippen LogP contribution >= 0.6 is 0 Å². The van der Waals surface area contributed by atoms with Gasteiger partial charge in [0.05, 0.1) is 0 Å². The van der Waals surface area contributed by atoms with E-state index in [2.05, 4.69) is 37.1 Å². The summed E-state index contributed by atoms with van der Waals surface area (Å²) in [5.41, 5.74) is 0. The number of hydrogen-bond acceptors (Lipinski definition) is 0. The van der Waals surface area contributed by atoms with Crippen LogP contribution in [0.3, 0.4) is 0 Å². The van der Waals surface area contributed by atoms with Crippen LogP contribution in [0.4, 0.5) is 0 Å². The molecule has 1 rings (SSSR count). The molecule has 0 amide bonds. The van der Waals surface area contributed by atoms with E-state index in [4.69, 9.17) is 6.42 Å². The topological polar surface area (TPSA) is 0 Å². The summed E-state index contributed by atoms with van der Waals surface area (Å²) in [7, 11) is 0. The molecule has 56 valence electrons. The molecule has 0 spiro atoms. The van der Waals surface area contributed by atoms with Crippen LogP contribution in [0.25, 0.3) is 0 Å². The van der Waals surface area contributed by atoms with Gasteiger partial charge >= 0.3 is 73.8 Å². The van der Waals surface area contributed by atoms with Crippen molar-refractivity contribution in [3.63, 3.8) is 0 Å². The summed E-state index contributed by atoms with van der Waals surface area (Å²) in [5.74, 6) is 2.74. The maximum atomic E-state index is 5.29. The molecule has 0 nitrogen and oxygen atoms in total. The average Bonchev–Trinajstić information content (AvgIpc) is 2.06. The SMILES string of the molecule is C#CC(C)[Se]c1ccccc1. The number of rotatable bonds is 2. The number of hydrogen-bond donors (Lipinski definition) is 0. The summed E-state index contributed by atoms with van der Waals surface area (Å²) >= 11 is 0.440. The van der Waals surface area contributed by atoms with E-state index < -0.39 is 0 Å². The summed E-state index contributed by atoms with van der Waals surface area (Å²) in [6.07, 6.45) is 5.29. The first-order valence-electron chi connectivity index (χ1n) is 3.51. The Balaban J connectivity index is 2.60. The summed E-state index contributed by atoms with van der Waals surface area (Å²) in [4.78, 5) is 0.407. The Bertz CT molecular complexity index is 245. The van der Waals surface area contributed by atoms with Gasteiger partial charge in [0.1, 0.15) is 0 Å². The molecule has 1 unspecified atom stereocenters. The second kappa shape index (κ2) is 4.23. The van der Waals surface area contributed by atoms with Crippen molar-refractivity contribution in [2.75, 3.05) is 0 Å². The first-order valence-corrected chi connectivity index (χ1v) is 5.35. The zero-order valence-electron chi connectivity index (χ0n) is 6.45. The standard InChI is InChI=1S/C10H10Se/c1-3-9(2)11-10-7-5-4-6-8-10/h1,4-9H,2H3. The summed E-state index contributed by atoms with van der Waals surface area (Å²) < 4.78 is 1.38. The fourth-order valence-electron chi connectivity index (χ4n) is 0.737. The summed E-state index contributed by atoms with van der Waals surface area (Å²) in [5, 5.41) is 0. The molecule has 0 bridgehead atoms. The third kappa shape index (κ3) is 2.80. The molecule has 1 heteroatoms. The van der Waals surface area contributed by atoms with Gasteiger partial charge in [-0.05, 0) is 0 Å². The van der Waals surface area contributed by atoms with Crippen LogP contribution in [0.1, 0.15) is 6.92 Å². The molecular formula is C10H10Se. The predicted molar refractivity (Wildman–Crippen MR) is 50.1 cm³/mol. The molecule has 0 aliphatic rings. The fraction of sp³-hybridized carbons (Fsp3) is 0.200. The van der Waals surface area contributed by atoms with E-state index in [1.54, 1.807) is 0 Å². The Morgan fingerprint density at radius 2 is 2.00 bits per heavy atom. The Hall–Kier alpha value is -0.701. The van der Waals surface area contributed by atoms with E-state index in [9.17, 15) is 0 Å². The number of benzene rings is 1. The van der Waals surface area contributed by atoms with E-state index >= 15 is 0 Å². The van der Waals surface area contributed by atoms with Crippen molar-refractivity contribution in [3.05, 3.63) is 30.3 Å². The van der Waals surface area contributed by atoms with Crippen molar-refractivity contribution in [1.82, 2.24) is 0 Å². The van der Waals surface area contributed by atoms with Crippen molar-refractivity contribution in [2.24, 2.45) is 0 Å². The minimum atomic E-state index is 0.407. The third-order valence-corrected chi connectivity index (χ3v) is 3.46. The Labute approximate surface area is 74.2 Å². The molecule has 0 radical (unpaired) electrons. The third-order valence-electron chi connectivity index (χ3n) is 1.29. The van der Waals surface area contributed by atoms with Gasteiger partial charge in [-0.2, -0.15) is 0 Å². The van der Waals surface area contributed by atoms with Gasteiger partial charge in [-0.25, -0.2) is 0 Å². The van der Waals surface area contributed by atoms with Crippen LogP contribution < -0.4 is 4.46 Å². The monoisotopic (exact) mass is 210 g/mol. The molecule has 1 aromatic carbocycles. The van der Waals surface area contributed by atoms with Gasteiger partial charge in [-0.15, -0.1) is 0 Å². The fourth-order valence-corrected chi connectivity index (χ4v) is 2.40. The Morgan fingerprint density at radius 3 is 2.55 bits per heavy atom. The van der Waals surface area contributed by atoms with Crippen molar-refractivity contribution in [3.8, 4) is 12.3 Å². The van der Waals surface area contributed by atoms with Gasteiger partial charge in [-0.1, -0.05) is 0 Å². The molecule has 0 aliphatic heterocycles. The van der Waals surface area contributed by atoms with E-state index in [1.165, 1.54) is 4.46 Å². The first-order chi connectivity index (χ1) is 5.33. The van der Waals surface area contributed by atoms with Gasteiger partial charge in [-0.3, -0.25) is 0 Å². The van der Waals surface area contributed by atoms with Crippen molar-refractivity contribution in [2.45, 2.75) is 11.7 Å². The van der Waals surface area contributed by atoms with Crippen molar-refractivity contribution >= 4 is 19.4 Å². The van der Waals surface area contributed by atoms with Gasteiger partial charge in [0, 0.05) is 0 Å². The van der Waals surface area contributed by atoms with Crippen LogP contribution in [-0.2, 0) is 0 Å². The summed E-state index contributed by atoms with van der Waals surface area (Å²) in [6, 6.07) is 10.4. The number of terminal acetylenes is 1. The van der Waals surface area contributed by atoms with Crippen LogP contribution in [0.2, 0.25) is 4.82 Å². The molecule has 0 saturated carbocycles. The van der Waals surface area contributed by atoms with Gasteiger partial charge in [0.25, 0.3) is 0 Å². The second-order valence-electron chi connectivity index (χ2n) is 2.24. The molecule has 1 atom stereocenters. The molecule has 0 aromatic heterocycles.